The maximum atomic E-state index is 11.9. The summed E-state index contributed by atoms with van der Waals surface area (Å²) in [6, 6.07) is 4.01. The molecule has 0 aliphatic carbocycles. The third-order valence-corrected chi connectivity index (χ3v) is 2.51. The lowest BCUT2D eigenvalue weighted by Gasteiger charge is -2.03. The number of halogens is 1. The van der Waals surface area contributed by atoms with Gasteiger partial charge in [-0.3, -0.25) is 19.5 Å². The second-order valence-electron chi connectivity index (χ2n) is 3.39. The molecule has 0 saturated carbocycles. The van der Waals surface area contributed by atoms with Gasteiger partial charge in [-0.2, -0.15) is 0 Å². The second-order valence-corrected chi connectivity index (χ2v) is 3.77. The Morgan fingerprint density at radius 2 is 2.24 bits per heavy atom. The van der Waals surface area contributed by atoms with Gasteiger partial charge in [0.15, 0.2) is 0 Å². The summed E-state index contributed by atoms with van der Waals surface area (Å²) in [4.78, 5) is 26.1. The lowest BCUT2D eigenvalue weighted by molar-refractivity contribution is -0.384. The minimum Gasteiger partial charge on any atom is -0.298 e. The lowest BCUT2D eigenvalue weighted by atomic mass is 10.2. The molecule has 0 amide bonds. The van der Waals surface area contributed by atoms with E-state index in [1.807, 2.05) is 0 Å². The number of alkyl halides is 1. The predicted octanol–water partition coefficient (Wildman–Crippen LogP) is 1.54. The number of nitro benzene ring substituents is 1. The van der Waals surface area contributed by atoms with E-state index >= 15 is 0 Å². The molecule has 17 heavy (non-hydrogen) atoms. The van der Waals surface area contributed by atoms with Crippen LogP contribution in [0.4, 0.5) is 5.69 Å². The van der Waals surface area contributed by atoms with Gasteiger partial charge in [-0.25, -0.2) is 4.98 Å². The van der Waals surface area contributed by atoms with Crippen molar-refractivity contribution in [2.45, 2.75) is 6.54 Å². The molecule has 88 valence electrons. The van der Waals surface area contributed by atoms with E-state index in [9.17, 15) is 14.9 Å². The van der Waals surface area contributed by atoms with Crippen molar-refractivity contribution in [3.05, 3.63) is 45.0 Å². The molecule has 1 aromatic heterocycles. The van der Waals surface area contributed by atoms with Gasteiger partial charge in [0.1, 0.15) is 0 Å². The zero-order valence-electron chi connectivity index (χ0n) is 8.67. The fraction of sp³-hybridized carbons (Fsp3) is 0.200. The first-order valence-electron chi connectivity index (χ1n) is 4.83. The lowest BCUT2D eigenvalue weighted by Crippen LogP contribution is -2.21. The number of fused-ring (bicyclic) bond motifs is 1. The van der Waals surface area contributed by atoms with E-state index in [2.05, 4.69) is 4.98 Å². The highest BCUT2D eigenvalue weighted by molar-refractivity contribution is 6.17. The third kappa shape index (κ3) is 2.12. The highest BCUT2D eigenvalue weighted by atomic mass is 35.5. The molecule has 0 atom stereocenters. The molecule has 0 N–H and O–H groups in total. The summed E-state index contributed by atoms with van der Waals surface area (Å²) in [5.74, 6) is 0.280. The standard InChI is InChI=1S/C10H8ClN3O3/c11-3-4-13-6-12-9-2-1-7(14(16)17)5-8(9)10(13)15/h1-2,5-6H,3-4H2. The van der Waals surface area contributed by atoms with Crippen molar-refractivity contribution in [3.63, 3.8) is 0 Å². The van der Waals surface area contributed by atoms with Crippen LogP contribution in [0.3, 0.4) is 0 Å². The Hall–Kier alpha value is -1.95. The van der Waals surface area contributed by atoms with E-state index in [1.165, 1.54) is 29.1 Å². The van der Waals surface area contributed by atoms with Crippen molar-refractivity contribution >= 4 is 28.2 Å². The number of hydrogen-bond acceptors (Lipinski definition) is 4. The first-order valence-corrected chi connectivity index (χ1v) is 5.36. The van der Waals surface area contributed by atoms with Crippen LogP contribution in [0, 0.1) is 10.1 Å². The van der Waals surface area contributed by atoms with E-state index in [4.69, 9.17) is 11.6 Å². The fourth-order valence-corrected chi connectivity index (χ4v) is 1.69. The Kier molecular flexibility index (Phi) is 3.06. The molecule has 0 bridgehead atoms. The van der Waals surface area contributed by atoms with Crippen molar-refractivity contribution in [1.82, 2.24) is 9.55 Å². The topological polar surface area (TPSA) is 78.0 Å². The molecule has 0 spiro atoms. The Bertz CT molecular complexity index is 638. The molecular formula is C10H8ClN3O3. The summed E-state index contributed by atoms with van der Waals surface area (Å²) in [6.07, 6.45) is 1.39. The van der Waals surface area contributed by atoms with Crippen molar-refractivity contribution in [1.29, 1.82) is 0 Å². The molecule has 1 heterocycles. The summed E-state index contributed by atoms with van der Waals surface area (Å²) in [7, 11) is 0. The number of nitro groups is 1. The summed E-state index contributed by atoms with van der Waals surface area (Å²) < 4.78 is 1.33. The van der Waals surface area contributed by atoms with Gasteiger partial charge in [0.05, 0.1) is 22.2 Å². The van der Waals surface area contributed by atoms with Gasteiger partial charge in [-0.15, -0.1) is 11.6 Å². The minimum atomic E-state index is -0.544. The molecule has 6 nitrogen and oxygen atoms in total. The number of rotatable bonds is 3. The molecule has 2 rings (SSSR count). The van der Waals surface area contributed by atoms with Crippen LogP contribution in [-0.2, 0) is 6.54 Å². The molecule has 7 heteroatoms. The van der Waals surface area contributed by atoms with E-state index < -0.39 is 4.92 Å². The zero-order chi connectivity index (χ0) is 12.4. The van der Waals surface area contributed by atoms with E-state index in [0.717, 1.165) is 0 Å². The van der Waals surface area contributed by atoms with Crippen molar-refractivity contribution in [2.24, 2.45) is 0 Å². The molecule has 0 saturated heterocycles. The predicted molar refractivity (Wildman–Crippen MR) is 63.4 cm³/mol. The Morgan fingerprint density at radius 3 is 2.88 bits per heavy atom. The summed E-state index contributed by atoms with van der Waals surface area (Å²) in [5.41, 5.74) is -0.00852. The molecule has 0 radical (unpaired) electrons. The fourth-order valence-electron chi connectivity index (χ4n) is 1.51. The van der Waals surface area contributed by atoms with E-state index in [1.54, 1.807) is 0 Å². The Morgan fingerprint density at radius 1 is 1.47 bits per heavy atom. The minimum absolute atomic E-state index is 0.125. The van der Waals surface area contributed by atoms with Gasteiger partial charge in [0.2, 0.25) is 0 Å². The van der Waals surface area contributed by atoms with Crippen molar-refractivity contribution in [3.8, 4) is 0 Å². The number of nitrogens with zero attached hydrogens (tertiary/aromatic N) is 3. The SMILES string of the molecule is O=c1c2cc([N+](=O)[O-])ccc2ncn1CCCl. The molecule has 0 unspecified atom stereocenters. The van der Waals surface area contributed by atoms with Crippen LogP contribution in [0.15, 0.2) is 29.3 Å². The van der Waals surface area contributed by atoms with Crippen LogP contribution in [-0.4, -0.2) is 20.4 Å². The number of hydrogen-bond donors (Lipinski definition) is 0. The second kappa shape index (κ2) is 4.50. The maximum absolute atomic E-state index is 11.9. The smallest absolute Gasteiger partial charge is 0.270 e. The highest BCUT2D eigenvalue weighted by Crippen LogP contribution is 2.16. The Balaban J connectivity index is 2.69. The summed E-state index contributed by atoms with van der Waals surface area (Å²) in [6.45, 7) is 0.325. The first kappa shape index (κ1) is 11.5. The van der Waals surface area contributed by atoms with Gasteiger partial charge in [0, 0.05) is 24.6 Å². The molecule has 0 aliphatic rings. The molecule has 0 aliphatic heterocycles. The molecule has 2 aromatic rings. The quantitative estimate of drug-likeness (QED) is 0.472. The van der Waals surface area contributed by atoms with Gasteiger partial charge < -0.3 is 0 Å². The zero-order valence-corrected chi connectivity index (χ0v) is 9.42. The highest BCUT2D eigenvalue weighted by Gasteiger charge is 2.10. The van der Waals surface area contributed by atoms with Crippen LogP contribution < -0.4 is 5.56 Å². The van der Waals surface area contributed by atoms with E-state index in [0.29, 0.717) is 12.1 Å². The van der Waals surface area contributed by atoms with E-state index in [-0.39, 0.29) is 22.5 Å². The van der Waals surface area contributed by atoms with Crippen LogP contribution in [0.5, 0.6) is 0 Å². The van der Waals surface area contributed by atoms with Gasteiger partial charge >= 0.3 is 0 Å². The normalized spacial score (nSPS) is 10.6. The average molecular weight is 254 g/mol. The van der Waals surface area contributed by atoms with Gasteiger partial charge in [-0.1, -0.05) is 0 Å². The number of aryl methyl sites for hydroxylation is 1. The van der Waals surface area contributed by atoms with Crippen LogP contribution in [0.1, 0.15) is 0 Å². The Labute approximate surface area is 101 Å². The van der Waals surface area contributed by atoms with Gasteiger partial charge in [0.25, 0.3) is 11.2 Å². The number of benzene rings is 1. The molecular weight excluding hydrogens is 246 g/mol. The van der Waals surface area contributed by atoms with Crippen molar-refractivity contribution < 1.29 is 4.92 Å². The molecule has 0 fully saturated rings. The number of non-ortho nitro benzene ring substituents is 1. The van der Waals surface area contributed by atoms with Crippen LogP contribution >= 0.6 is 11.6 Å². The van der Waals surface area contributed by atoms with Crippen molar-refractivity contribution in [2.75, 3.05) is 5.88 Å². The monoisotopic (exact) mass is 253 g/mol. The third-order valence-electron chi connectivity index (χ3n) is 2.34. The first-order chi connectivity index (χ1) is 8.13. The number of aromatic nitrogens is 2. The average Bonchev–Trinajstić information content (AvgIpc) is 2.32. The van der Waals surface area contributed by atoms with Gasteiger partial charge in [-0.05, 0) is 6.07 Å². The summed E-state index contributed by atoms with van der Waals surface area (Å²) >= 11 is 5.55. The molecule has 1 aromatic carbocycles. The summed E-state index contributed by atoms with van der Waals surface area (Å²) in [5, 5.41) is 10.9. The maximum Gasteiger partial charge on any atom is 0.270 e. The largest absolute Gasteiger partial charge is 0.298 e. The van der Waals surface area contributed by atoms with Crippen LogP contribution in [0.2, 0.25) is 0 Å². The van der Waals surface area contributed by atoms with Crippen LogP contribution in [0.25, 0.3) is 10.9 Å².